The molecule has 0 aliphatic heterocycles. The number of thioether (sulfide) groups is 2. The molecule has 0 radical (unpaired) electrons. The van der Waals surface area contributed by atoms with Crippen molar-refractivity contribution in [3.63, 3.8) is 0 Å². The van der Waals surface area contributed by atoms with Gasteiger partial charge in [-0.25, -0.2) is 0 Å². The van der Waals surface area contributed by atoms with Gasteiger partial charge in [-0.2, -0.15) is 0 Å². The van der Waals surface area contributed by atoms with E-state index in [1.54, 1.807) is 35.7 Å². The van der Waals surface area contributed by atoms with Crippen molar-refractivity contribution in [1.82, 2.24) is 0 Å². The van der Waals surface area contributed by atoms with Crippen LogP contribution in [0.25, 0.3) is 0 Å². The number of nitro groups is 1. The highest BCUT2D eigenvalue weighted by molar-refractivity contribution is 8.16. The second kappa shape index (κ2) is 8.04. The second-order valence-electron chi connectivity index (χ2n) is 5.01. The van der Waals surface area contributed by atoms with Crippen LogP contribution in [0, 0.1) is 10.1 Å². The van der Waals surface area contributed by atoms with Crippen molar-refractivity contribution in [1.29, 1.82) is 0 Å². The van der Waals surface area contributed by atoms with Crippen LogP contribution in [0.15, 0.2) is 94.7 Å². The zero-order chi connectivity index (χ0) is 16.8. The Bertz CT molecular complexity index is 768. The first kappa shape index (κ1) is 16.6. The number of rotatable bonds is 6. The predicted octanol–water partition coefficient (Wildman–Crippen LogP) is 6.18. The van der Waals surface area contributed by atoms with Crippen LogP contribution < -0.4 is 0 Å². The molecular weight excluding hydrogens is 338 g/mol. The van der Waals surface area contributed by atoms with Gasteiger partial charge in [0.1, 0.15) is 0 Å². The molecule has 24 heavy (non-hydrogen) atoms. The maximum Gasteiger partial charge on any atom is 0.274 e. The Morgan fingerprint density at radius 3 is 1.67 bits per heavy atom. The van der Waals surface area contributed by atoms with E-state index in [0.29, 0.717) is 0 Å². The van der Waals surface area contributed by atoms with Crippen molar-refractivity contribution >= 4 is 29.2 Å². The number of hydrogen-bond donors (Lipinski definition) is 0. The largest absolute Gasteiger partial charge is 0.274 e. The fourth-order valence-electron chi connectivity index (χ4n) is 2.25. The predicted molar refractivity (Wildman–Crippen MR) is 100 cm³/mol. The molecule has 0 saturated carbocycles. The Morgan fingerprint density at radius 1 is 0.708 bits per heavy atom. The lowest BCUT2D eigenvalue weighted by Gasteiger charge is -2.17. The fraction of sp³-hybridized carbons (Fsp3) is 0.0526. The standard InChI is InChI=1S/C19H15NO2S2/c21-20(22)18-14-8-7-13-17(18)19(23-15-9-3-1-4-10-15)24-16-11-5-2-6-12-16/h1-14,19H. The molecule has 0 heterocycles. The van der Waals surface area contributed by atoms with Gasteiger partial charge in [-0.3, -0.25) is 10.1 Å². The topological polar surface area (TPSA) is 43.1 Å². The van der Waals surface area contributed by atoms with Gasteiger partial charge < -0.3 is 0 Å². The maximum atomic E-state index is 11.4. The van der Waals surface area contributed by atoms with E-state index in [1.807, 2.05) is 72.8 Å². The summed E-state index contributed by atoms with van der Waals surface area (Å²) in [4.78, 5) is 13.3. The van der Waals surface area contributed by atoms with E-state index in [0.717, 1.165) is 15.4 Å². The van der Waals surface area contributed by atoms with E-state index in [2.05, 4.69) is 0 Å². The lowest BCUT2D eigenvalue weighted by atomic mass is 10.2. The van der Waals surface area contributed by atoms with E-state index < -0.39 is 0 Å². The van der Waals surface area contributed by atoms with Gasteiger partial charge in [0.25, 0.3) is 5.69 Å². The lowest BCUT2D eigenvalue weighted by molar-refractivity contribution is -0.385. The average Bonchev–Trinajstić information content (AvgIpc) is 2.63. The Morgan fingerprint density at radius 2 is 1.17 bits per heavy atom. The Labute approximate surface area is 149 Å². The number of nitro benzene ring substituents is 1. The molecular formula is C19H15NO2S2. The molecule has 0 unspecified atom stereocenters. The third-order valence-electron chi connectivity index (χ3n) is 3.36. The van der Waals surface area contributed by atoms with Crippen molar-refractivity contribution in [2.45, 2.75) is 14.4 Å². The molecule has 3 aromatic rings. The first-order valence-electron chi connectivity index (χ1n) is 7.41. The Kier molecular flexibility index (Phi) is 5.56. The monoisotopic (exact) mass is 353 g/mol. The van der Waals surface area contributed by atoms with Crippen molar-refractivity contribution < 1.29 is 4.92 Å². The molecule has 3 rings (SSSR count). The molecule has 0 atom stereocenters. The van der Waals surface area contributed by atoms with Crippen molar-refractivity contribution in [2.24, 2.45) is 0 Å². The zero-order valence-electron chi connectivity index (χ0n) is 12.7. The lowest BCUT2D eigenvalue weighted by Crippen LogP contribution is -1.97. The van der Waals surface area contributed by atoms with Crippen LogP contribution in [-0.2, 0) is 0 Å². The molecule has 0 aliphatic carbocycles. The second-order valence-corrected chi connectivity index (χ2v) is 7.67. The van der Waals surface area contributed by atoms with Gasteiger partial charge in [0.05, 0.1) is 15.1 Å². The molecule has 0 N–H and O–H groups in total. The van der Waals surface area contributed by atoms with Crippen LogP contribution in [0.3, 0.4) is 0 Å². The van der Waals surface area contributed by atoms with Gasteiger partial charge in [-0.15, -0.1) is 23.5 Å². The Balaban J connectivity index is 1.97. The molecule has 120 valence electrons. The van der Waals surface area contributed by atoms with Crippen LogP contribution in [0.4, 0.5) is 5.69 Å². The highest BCUT2D eigenvalue weighted by atomic mass is 32.2. The van der Waals surface area contributed by atoms with Crippen LogP contribution >= 0.6 is 23.5 Å². The van der Waals surface area contributed by atoms with E-state index in [4.69, 9.17) is 0 Å². The highest BCUT2D eigenvalue weighted by Gasteiger charge is 2.23. The minimum Gasteiger partial charge on any atom is -0.258 e. The highest BCUT2D eigenvalue weighted by Crippen LogP contribution is 2.49. The van der Waals surface area contributed by atoms with Gasteiger partial charge in [0.15, 0.2) is 0 Å². The summed E-state index contributed by atoms with van der Waals surface area (Å²) in [6.45, 7) is 0. The molecule has 0 bridgehead atoms. The van der Waals surface area contributed by atoms with Crippen molar-refractivity contribution in [3.8, 4) is 0 Å². The first-order valence-corrected chi connectivity index (χ1v) is 9.17. The molecule has 3 aromatic carbocycles. The summed E-state index contributed by atoms with van der Waals surface area (Å²) in [5, 5.41) is 11.4. The number of nitrogens with zero attached hydrogens (tertiary/aromatic N) is 1. The van der Waals surface area contributed by atoms with Gasteiger partial charge >= 0.3 is 0 Å². The van der Waals surface area contributed by atoms with Crippen molar-refractivity contribution in [3.05, 3.63) is 101 Å². The summed E-state index contributed by atoms with van der Waals surface area (Å²) >= 11 is 3.25. The quantitative estimate of drug-likeness (QED) is 0.230. The van der Waals surface area contributed by atoms with E-state index in [1.165, 1.54) is 0 Å². The summed E-state index contributed by atoms with van der Waals surface area (Å²) in [6, 6.07) is 26.9. The van der Waals surface area contributed by atoms with Crippen LogP contribution in [0.5, 0.6) is 0 Å². The molecule has 3 nitrogen and oxygen atoms in total. The fourth-order valence-corrected chi connectivity index (χ4v) is 4.88. The molecule has 0 fully saturated rings. The van der Waals surface area contributed by atoms with Crippen LogP contribution in [0.1, 0.15) is 10.1 Å². The average molecular weight is 353 g/mol. The van der Waals surface area contributed by atoms with Crippen molar-refractivity contribution in [2.75, 3.05) is 0 Å². The third-order valence-corrected chi connectivity index (χ3v) is 5.96. The van der Waals surface area contributed by atoms with Gasteiger partial charge in [0.2, 0.25) is 0 Å². The summed E-state index contributed by atoms with van der Waals surface area (Å²) in [6.07, 6.45) is 0. The first-order chi connectivity index (χ1) is 11.7. The number of hydrogen-bond acceptors (Lipinski definition) is 4. The molecule has 0 aromatic heterocycles. The van der Waals surface area contributed by atoms with E-state index in [-0.39, 0.29) is 15.2 Å². The van der Waals surface area contributed by atoms with Gasteiger partial charge in [0, 0.05) is 15.9 Å². The molecule has 0 amide bonds. The number of para-hydroxylation sites is 1. The minimum absolute atomic E-state index is 0.101. The smallest absolute Gasteiger partial charge is 0.258 e. The SMILES string of the molecule is O=[N+]([O-])c1ccccc1C(Sc1ccccc1)Sc1ccccc1. The van der Waals surface area contributed by atoms with E-state index >= 15 is 0 Å². The summed E-state index contributed by atoms with van der Waals surface area (Å²) < 4.78 is -0.101. The summed E-state index contributed by atoms with van der Waals surface area (Å²) in [5.41, 5.74) is 0.888. The molecule has 0 spiro atoms. The minimum atomic E-state index is -0.306. The Hall–Kier alpha value is -2.24. The zero-order valence-corrected chi connectivity index (χ0v) is 14.4. The molecule has 5 heteroatoms. The summed E-state index contributed by atoms with van der Waals surface area (Å²) in [5.74, 6) is 0. The molecule has 0 aliphatic rings. The number of benzene rings is 3. The maximum absolute atomic E-state index is 11.4. The van der Waals surface area contributed by atoms with Crippen LogP contribution in [-0.4, -0.2) is 4.92 Å². The normalized spacial score (nSPS) is 10.7. The third kappa shape index (κ3) is 4.19. The van der Waals surface area contributed by atoms with Gasteiger partial charge in [-0.1, -0.05) is 54.6 Å². The van der Waals surface area contributed by atoms with Crippen LogP contribution in [0.2, 0.25) is 0 Å². The summed E-state index contributed by atoms with van der Waals surface area (Å²) in [7, 11) is 0. The molecule has 0 saturated heterocycles. The van der Waals surface area contributed by atoms with Gasteiger partial charge in [-0.05, 0) is 24.3 Å². The van der Waals surface area contributed by atoms with E-state index in [9.17, 15) is 10.1 Å².